The topological polar surface area (TPSA) is 42.1 Å². The third-order valence-electron chi connectivity index (χ3n) is 1.60. The van der Waals surface area contributed by atoms with Crippen LogP contribution in [0.5, 0.6) is 0 Å². The van der Waals surface area contributed by atoms with Crippen molar-refractivity contribution in [3.63, 3.8) is 0 Å². The van der Waals surface area contributed by atoms with Crippen molar-refractivity contribution in [1.82, 2.24) is 0 Å². The van der Waals surface area contributed by atoms with Crippen LogP contribution in [0.15, 0.2) is 0 Å². The van der Waals surface area contributed by atoms with E-state index in [9.17, 15) is 4.79 Å². The second-order valence-corrected chi connectivity index (χ2v) is 2.64. The van der Waals surface area contributed by atoms with Crippen LogP contribution >= 0.6 is 0 Å². The van der Waals surface area contributed by atoms with Gasteiger partial charge in [0.2, 0.25) is 0 Å². The van der Waals surface area contributed by atoms with Gasteiger partial charge in [0.1, 0.15) is 0 Å². The molecule has 0 saturated carbocycles. The van der Waals surface area contributed by atoms with E-state index in [1.165, 1.54) is 0 Å². The van der Waals surface area contributed by atoms with Crippen molar-refractivity contribution in [1.29, 1.82) is 0 Å². The molecular weight excluding hydrogens is 132 g/mol. The molecule has 0 spiro atoms. The van der Waals surface area contributed by atoms with E-state index in [1.807, 2.05) is 6.92 Å². The average molecular weight is 144 g/mol. The first-order valence-corrected chi connectivity index (χ1v) is 3.59. The van der Waals surface area contributed by atoms with Crippen molar-refractivity contribution >= 4 is 5.78 Å². The molecule has 1 rings (SSSR count). The van der Waals surface area contributed by atoms with Gasteiger partial charge in [-0.25, -0.2) is 0 Å². The quantitative estimate of drug-likeness (QED) is 0.442. The Morgan fingerprint density at radius 2 is 2.10 bits per heavy atom. The molecule has 1 aliphatic heterocycles. The van der Waals surface area contributed by atoms with Gasteiger partial charge in [0.15, 0.2) is 5.78 Å². The standard InChI is InChI=1S/C7H12O3/c1-3-4-5-6(8)7(2)9-10-7/h3-5H2,1-2H3. The summed E-state index contributed by atoms with van der Waals surface area (Å²) in [7, 11) is 0. The zero-order chi connectivity index (χ0) is 7.61. The summed E-state index contributed by atoms with van der Waals surface area (Å²) in [6.07, 6.45) is 2.51. The van der Waals surface area contributed by atoms with E-state index in [2.05, 4.69) is 9.78 Å². The van der Waals surface area contributed by atoms with Crippen LogP contribution in [-0.2, 0) is 14.6 Å². The minimum absolute atomic E-state index is 0.0503. The van der Waals surface area contributed by atoms with Gasteiger partial charge in [-0.05, 0) is 6.42 Å². The highest BCUT2D eigenvalue weighted by Crippen LogP contribution is 2.30. The molecule has 0 radical (unpaired) electrons. The van der Waals surface area contributed by atoms with E-state index in [-0.39, 0.29) is 5.78 Å². The molecule has 0 bridgehead atoms. The van der Waals surface area contributed by atoms with E-state index in [0.717, 1.165) is 12.8 Å². The maximum atomic E-state index is 11.0. The fourth-order valence-corrected chi connectivity index (χ4v) is 0.720. The number of hydrogen-bond donors (Lipinski definition) is 0. The molecule has 0 unspecified atom stereocenters. The van der Waals surface area contributed by atoms with Crippen molar-refractivity contribution in [3.05, 3.63) is 0 Å². The predicted octanol–water partition coefficient (Wildman–Crippen LogP) is 1.42. The van der Waals surface area contributed by atoms with Gasteiger partial charge in [-0.3, -0.25) is 4.79 Å². The fourth-order valence-electron chi connectivity index (χ4n) is 0.720. The molecule has 10 heavy (non-hydrogen) atoms. The predicted molar refractivity (Wildman–Crippen MR) is 35.1 cm³/mol. The molecule has 0 aliphatic carbocycles. The Kier molecular flexibility index (Phi) is 2.06. The van der Waals surface area contributed by atoms with Crippen LogP contribution in [-0.4, -0.2) is 11.6 Å². The molecule has 0 aromatic carbocycles. The molecule has 1 saturated heterocycles. The molecule has 0 atom stereocenters. The molecule has 0 amide bonds. The lowest BCUT2D eigenvalue weighted by Crippen LogP contribution is -2.18. The Bertz CT molecular complexity index is 138. The van der Waals surface area contributed by atoms with E-state index >= 15 is 0 Å². The molecular formula is C7H12O3. The number of carbonyl (C=O) groups is 1. The van der Waals surface area contributed by atoms with Gasteiger partial charge in [0.05, 0.1) is 0 Å². The Morgan fingerprint density at radius 3 is 2.50 bits per heavy atom. The van der Waals surface area contributed by atoms with Gasteiger partial charge in [-0.2, -0.15) is 9.78 Å². The van der Waals surface area contributed by atoms with Gasteiger partial charge < -0.3 is 0 Å². The number of Topliss-reactive ketones (excluding diaryl/α,β-unsaturated/α-hetero) is 1. The fraction of sp³-hybridized carbons (Fsp3) is 0.857. The van der Waals surface area contributed by atoms with E-state index in [0.29, 0.717) is 6.42 Å². The Morgan fingerprint density at radius 1 is 1.50 bits per heavy atom. The lowest BCUT2D eigenvalue weighted by atomic mass is 10.1. The monoisotopic (exact) mass is 144 g/mol. The minimum atomic E-state index is -0.880. The summed E-state index contributed by atoms with van der Waals surface area (Å²) >= 11 is 0. The van der Waals surface area contributed by atoms with Gasteiger partial charge >= 0.3 is 0 Å². The zero-order valence-corrected chi connectivity index (χ0v) is 6.35. The first-order chi connectivity index (χ1) is 4.69. The van der Waals surface area contributed by atoms with Crippen molar-refractivity contribution < 1.29 is 14.6 Å². The molecule has 0 aromatic heterocycles. The molecule has 3 heteroatoms. The number of carbonyl (C=O) groups excluding carboxylic acids is 1. The Labute approximate surface area is 60.2 Å². The number of hydrogen-bond acceptors (Lipinski definition) is 3. The summed E-state index contributed by atoms with van der Waals surface area (Å²) in [5.41, 5.74) is 0. The van der Waals surface area contributed by atoms with Crippen LogP contribution in [0.2, 0.25) is 0 Å². The van der Waals surface area contributed by atoms with Gasteiger partial charge in [0.25, 0.3) is 5.79 Å². The van der Waals surface area contributed by atoms with Gasteiger partial charge in [0, 0.05) is 13.3 Å². The first-order valence-electron chi connectivity index (χ1n) is 3.59. The van der Waals surface area contributed by atoms with Gasteiger partial charge in [-0.1, -0.05) is 13.3 Å². The smallest absolute Gasteiger partial charge is 0.288 e. The van der Waals surface area contributed by atoms with Crippen LogP contribution < -0.4 is 0 Å². The molecule has 3 nitrogen and oxygen atoms in total. The third-order valence-corrected chi connectivity index (χ3v) is 1.60. The van der Waals surface area contributed by atoms with Crippen LogP contribution in [0.1, 0.15) is 33.1 Å². The second kappa shape index (κ2) is 2.68. The summed E-state index contributed by atoms with van der Waals surface area (Å²) < 4.78 is 0. The number of unbranched alkanes of at least 4 members (excludes halogenated alkanes) is 1. The summed E-state index contributed by atoms with van der Waals surface area (Å²) in [6, 6.07) is 0. The molecule has 58 valence electrons. The first kappa shape index (κ1) is 7.69. The summed E-state index contributed by atoms with van der Waals surface area (Å²) in [4.78, 5) is 20.0. The molecule has 0 N–H and O–H groups in total. The summed E-state index contributed by atoms with van der Waals surface area (Å²) in [5.74, 6) is -0.829. The molecule has 0 aromatic rings. The lowest BCUT2D eigenvalue weighted by Gasteiger charge is -1.96. The van der Waals surface area contributed by atoms with Crippen LogP contribution in [0.4, 0.5) is 0 Å². The number of ketones is 1. The molecule has 1 heterocycles. The maximum Gasteiger partial charge on any atom is 0.288 e. The lowest BCUT2D eigenvalue weighted by molar-refractivity contribution is -0.124. The van der Waals surface area contributed by atoms with E-state index in [4.69, 9.17) is 0 Å². The van der Waals surface area contributed by atoms with Crippen LogP contribution in [0, 0.1) is 0 Å². The number of rotatable bonds is 4. The van der Waals surface area contributed by atoms with Crippen LogP contribution in [0.3, 0.4) is 0 Å². The molecule has 1 fully saturated rings. The maximum absolute atomic E-state index is 11.0. The van der Waals surface area contributed by atoms with Crippen molar-refractivity contribution in [2.75, 3.05) is 0 Å². The van der Waals surface area contributed by atoms with E-state index in [1.54, 1.807) is 6.92 Å². The highest BCUT2D eigenvalue weighted by Gasteiger charge is 2.50. The van der Waals surface area contributed by atoms with Gasteiger partial charge in [-0.15, -0.1) is 0 Å². The highest BCUT2D eigenvalue weighted by molar-refractivity contribution is 5.86. The SMILES string of the molecule is CCCCC(=O)C1(C)OO1. The Balaban J connectivity index is 2.22. The average Bonchev–Trinajstić information content (AvgIpc) is 2.64. The van der Waals surface area contributed by atoms with Crippen molar-refractivity contribution in [2.45, 2.75) is 38.9 Å². The summed E-state index contributed by atoms with van der Waals surface area (Å²) in [5, 5.41) is 0. The Hall–Kier alpha value is -0.410. The minimum Gasteiger partial charge on any atom is -0.293 e. The van der Waals surface area contributed by atoms with Crippen molar-refractivity contribution in [3.8, 4) is 0 Å². The summed E-state index contributed by atoms with van der Waals surface area (Å²) in [6.45, 7) is 3.69. The van der Waals surface area contributed by atoms with Crippen molar-refractivity contribution in [2.24, 2.45) is 0 Å². The van der Waals surface area contributed by atoms with Crippen LogP contribution in [0.25, 0.3) is 0 Å². The highest BCUT2D eigenvalue weighted by atomic mass is 17.4. The largest absolute Gasteiger partial charge is 0.293 e. The second-order valence-electron chi connectivity index (χ2n) is 2.64. The third kappa shape index (κ3) is 1.55. The molecule has 1 aliphatic rings. The normalized spacial score (nSPS) is 20.6. The zero-order valence-electron chi connectivity index (χ0n) is 6.35. The van der Waals surface area contributed by atoms with E-state index < -0.39 is 5.79 Å².